The van der Waals surface area contributed by atoms with Crippen LogP contribution in [0.4, 0.5) is 13.2 Å². The van der Waals surface area contributed by atoms with E-state index in [0.29, 0.717) is 48.8 Å². The van der Waals surface area contributed by atoms with Gasteiger partial charge in [-0.3, -0.25) is 15.0 Å². The Morgan fingerprint density at radius 1 is 1.21 bits per heavy atom. The standard InChI is InChI=1S/C21H23F3N4O4S/c1-33(30,31)15-4-2-3-14(11-15)19-16(6-5-13-7-9-32-10-8-13)20(29)28(27-19)18-12-17(25-26-18)21(22,23)24/h2-4,11-13,27H,5-10H2,1H3,(H,25,26). The molecule has 0 amide bonds. The number of alkyl halides is 3. The first kappa shape index (κ1) is 23.3. The highest BCUT2D eigenvalue weighted by Crippen LogP contribution is 2.30. The third-order valence-electron chi connectivity index (χ3n) is 5.78. The molecule has 178 valence electrons. The number of H-pyrrole nitrogens is 2. The molecule has 1 aliphatic heterocycles. The summed E-state index contributed by atoms with van der Waals surface area (Å²) in [5.74, 6) is 0.129. The van der Waals surface area contributed by atoms with E-state index in [1.807, 2.05) is 5.10 Å². The van der Waals surface area contributed by atoms with Crippen molar-refractivity contribution in [1.82, 2.24) is 20.0 Å². The van der Waals surface area contributed by atoms with Crippen molar-refractivity contribution in [3.05, 3.63) is 51.9 Å². The van der Waals surface area contributed by atoms with Gasteiger partial charge in [0.1, 0.15) is 5.69 Å². The Bertz CT molecular complexity index is 1300. The third kappa shape index (κ3) is 5.06. The molecule has 12 heteroatoms. The Kier molecular flexibility index (Phi) is 6.23. The lowest BCUT2D eigenvalue weighted by Crippen LogP contribution is -2.20. The molecule has 2 N–H and O–H groups in total. The van der Waals surface area contributed by atoms with Crippen molar-refractivity contribution >= 4 is 9.84 Å². The first-order valence-electron chi connectivity index (χ1n) is 10.4. The first-order valence-corrected chi connectivity index (χ1v) is 12.3. The van der Waals surface area contributed by atoms with Crippen LogP contribution < -0.4 is 5.56 Å². The molecule has 8 nitrogen and oxygen atoms in total. The number of halogens is 3. The third-order valence-corrected chi connectivity index (χ3v) is 6.89. The molecule has 2 aromatic heterocycles. The van der Waals surface area contributed by atoms with Crippen LogP contribution in [0.15, 0.2) is 40.0 Å². The highest BCUT2D eigenvalue weighted by Gasteiger charge is 2.33. The number of hydrogen-bond donors (Lipinski definition) is 2. The van der Waals surface area contributed by atoms with E-state index in [0.717, 1.165) is 29.8 Å². The van der Waals surface area contributed by atoms with E-state index in [9.17, 15) is 26.4 Å². The predicted octanol–water partition coefficient (Wildman–Crippen LogP) is 3.34. The van der Waals surface area contributed by atoms with Gasteiger partial charge in [0, 0.05) is 36.7 Å². The minimum atomic E-state index is -4.64. The Morgan fingerprint density at radius 2 is 1.94 bits per heavy atom. The fraction of sp³-hybridized carbons (Fsp3) is 0.429. The van der Waals surface area contributed by atoms with E-state index >= 15 is 0 Å². The molecule has 33 heavy (non-hydrogen) atoms. The van der Waals surface area contributed by atoms with E-state index < -0.39 is 27.3 Å². The summed E-state index contributed by atoms with van der Waals surface area (Å²) in [5, 5.41) is 8.40. The molecule has 0 aliphatic carbocycles. The van der Waals surface area contributed by atoms with Gasteiger partial charge in [0.05, 0.1) is 10.6 Å². The molecule has 0 radical (unpaired) electrons. The van der Waals surface area contributed by atoms with Crippen LogP contribution in [0.5, 0.6) is 0 Å². The molecule has 3 heterocycles. The summed E-state index contributed by atoms with van der Waals surface area (Å²) in [6.45, 7) is 1.30. The first-order chi connectivity index (χ1) is 15.5. The molecule has 1 fully saturated rings. The van der Waals surface area contributed by atoms with E-state index in [2.05, 4.69) is 10.2 Å². The second kappa shape index (κ2) is 8.82. The van der Waals surface area contributed by atoms with Crippen LogP contribution in [-0.2, 0) is 27.2 Å². The zero-order valence-electron chi connectivity index (χ0n) is 17.8. The summed E-state index contributed by atoms with van der Waals surface area (Å²) in [6.07, 6.45) is -0.752. The summed E-state index contributed by atoms with van der Waals surface area (Å²) in [6, 6.07) is 6.83. The molecule has 3 aromatic rings. The normalized spacial score (nSPS) is 15.8. The number of aromatic nitrogens is 4. The Balaban J connectivity index is 1.78. The van der Waals surface area contributed by atoms with Crippen molar-refractivity contribution in [3.8, 4) is 17.1 Å². The van der Waals surface area contributed by atoms with Gasteiger partial charge in [-0.05, 0) is 43.7 Å². The molecule has 0 bridgehead atoms. The van der Waals surface area contributed by atoms with Crippen molar-refractivity contribution in [2.75, 3.05) is 19.5 Å². The van der Waals surface area contributed by atoms with E-state index in [1.54, 1.807) is 12.1 Å². The van der Waals surface area contributed by atoms with Gasteiger partial charge in [-0.15, -0.1) is 0 Å². The summed E-state index contributed by atoms with van der Waals surface area (Å²) in [7, 11) is -3.50. The fourth-order valence-corrected chi connectivity index (χ4v) is 4.61. The van der Waals surface area contributed by atoms with Crippen LogP contribution in [-0.4, -0.2) is 47.9 Å². The van der Waals surface area contributed by atoms with Gasteiger partial charge >= 0.3 is 6.18 Å². The second-order valence-corrected chi connectivity index (χ2v) is 10.2. The number of nitrogens with one attached hydrogen (secondary N) is 2. The Morgan fingerprint density at radius 3 is 2.58 bits per heavy atom. The van der Waals surface area contributed by atoms with Crippen LogP contribution in [0.1, 0.15) is 30.5 Å². The van der Waals surface area contributed by atoms with Crippen LogP contribution in [0.3, 0.4) is 0 Å². The predicted molar refractivity (Wildman–Crippen MR) is 114 cm³/mol. The van der Waals surface area contributed by atoms with E-state index in [-0.39, 0.29) is 10.7 Å². The maximum atomic E-state index is 13.2. The SMILES string of the molecule is CS(=O)(=O)c1cccc(-c2[nH]n(-c3cc(C(F)(F)F)[nH]n3)c(=O)c2CCC2CCOCC2)c1. The molecule has 0 spiro atoms. The lowest BCUT2D eigenvalue weighted by molar-refractivity contribution is -0.141. The van der Waals surface area contributed by atoms with Crippen LogP contribution in [0, 0.1) is 5.92 Å². The topological polar surface area (TPSA) is 110 Å². The minimum absolute atomic E-state index is 0.0723. The van der Waals surface area contributed by atoms with Crippen molar-refractivity contribution < 1.29 is 26.3 Å². The minimum Gasteiger partial charge on any atom is -0.381 e. The van der Waals surface area contributed by atoms with Gasteiger partial charge in [-0.2, -0.15) is 23.0 Å². The fourth-order valence-electron chi connectivity index (χ4n) is 3.94. The quantitative estimate of drug-likeness (QED) is 0.558. The highest BCUT2D eigenvalue weighted by atomic mass is 32.2. The number of nitrogens with zero attached hydrogens (tertiary/aromatic N) is 2. The lowest BCUT2D eigenvalue weighted by atomic mass is 9.92. The van der Waals surface area contributed by atoms with Crippen molar-refractivity contribution in [1.29, 1.82) is 0 Å². The van der Waals surface area contributed by atoms with Crippen LogP contribution >= 0.6 is 0 Å². The van der Waals surface area contributed by atoms with E-state index in [4.69, 9.17) is 4.74 Å². The van der Waals surface area contributed by atoms with Crippen molar-refractivity contribution in [2.45, 2.75) is 36.8 Å². The number of ether oxygens (including phenoxy) is 1. The van der Waals surface area contributed by atoms with Crippen molar-refractivity contribution in [2.24, 2.45) is 5.92 Å². The Hall–Kier alpha value is -2.86. The maximum Gasteiger partial charge on any atom is 0.432 e. The lowest BCUT2D eigenvalue weighted by Gasteiger charge is -2.21. The number of benzene rings is 1. The largest absolute Gasteiger partial charge is 0.432 e. The monoisotopic (exact) mass is 484 g/mol. The van der Waals surface area contributed by atoms with Crippen LogP contribution in [0.2, 0.25) is 0 Å². The summed E-state index contributed by atoms with van der Waals surface area (Å²) < 4.78 is 69.4. The molecule has 0 unspecified atom stereocenters. The molecule has 0 atom stereocenters. The number of hydrogen-bond acceptors (Lipinski definition) is 5. The summed E-state index contributed by atoms with van der Waals surface area (Å²) in [5.41, 5.74) is -0.439. The molecule has 4 rings (SSSR count). The average Bonchev–Trinajstić information content (AvgIpc) is 3.37. The number of aromatic amines is 2. The molecule has 1 aliphatic rings. The summed E-state index contributed by atoms with van der Waals surface area (Å²) >= 11 is 0. The van der Waals surface area contributed by atoms with Gasteiger partial charge in [-0.25, -0.2) is 8.42 Å². The molecular formula is C21H23F3N4O4S. The van der Waals surface area contributed by atoms with Gasteiger partial charge in [0.25, 0.3) is 5.56 Å². The number of rotatable bonds is 6. The molecular weight excluding hydrogens is 461 g/mol. The Labute approximate surface area is 187 Å². The van der Waals surface area contributed by atoms with Gasteiger partial charge in [-0.1, -0.05) is 12.1 Å². The maximum absolute atomic E-state index is 13.2. The smallest absolute Gasteiger partial charge is 0.381 e. The average molecular weight is 485 g/mol. The van der Waals surface area contributed by atoms with Gasteiger partial charge < -0.3 is 4.74 Å². The van der Waals surface area contributed by atoms with Crippen LogP contribution in [0.25, 0.3) is 17.1 Å². The number of sulfone groups is 1. The zero-order chi connectivity index (χ0) is 23.8. The van der Waals surface area contributed by atoms with Gasteiger partial charge in [0.2, 0.25) is 0 Å². The van der Waals surface area contributed by atoms with Crippen molar-refractivity contribution in [3.63, 3.8) is 0 Å². The highest BCUT2D eigenvalue weighted by molar-refractivity contribution is 7.90. The molecule has 1 saturated heterocycles. The second-order valence-electron chi connectivity index (χ2n) is 8.14. The molecule has 0 saturated carbocycles. The summed E-state index contributed by atoms with van der Waals surface area (Å²) in [4.78, 5) is 13.3. The zero-order valence-corrected chi connectivity index (χ0v) is 18.6. The van der Waals surface area contributed by atoms with E-state index in [1.165, 1.54) is 12.1 Å². The molecule has 1 aromatic carbocycles. The van der Waals surface area contributed by atoms with Gasteiger partial charge in [0.15, 0.2) is 15.7 Å².